The summed E-state index contributed by atoms with van der Waals surface area (Å²) in [6.07, 6.45) is 1.40. The third-order valence-corrected chi connectivity index (χ3v) is 2.93. The lowest BCUT2D eigenvalue weighted by molar-refractivity contribution is -0.142. The molecule has 0 aliphatic carbocycles. The van der Waals surface area contributed by atoms with Crippen LogP contribution in [0.2, 0.25) is 0 Å². The molecule has 1 amide bonds. The first-order chi connectivity index (χ1) is 9.43. The zero-order valence-corrected chi connectivity index (χ0v) is 11.4. The predicted octanol–water partition coefficient (Wildman–Crippen LogP) is 0.631. The van der Waals surface area contributed by atoms with E-state index >= 15 is 0 Å². The number of nitrogens with two attached hydrogens (primary N) is 1. The van der Waals surface area contributed by atoms with E-state index in [1.165, 1.54) is 12.1 Å². The van der Waals surface area contributed by atoms with Crippen molar-refractivity contribution in [2.75, 3.05) is 0 Å². The summed E-state index contributed by atoms with van der Waals surface area (Å²) in [5, 5.41) is 20.8. The van der Waals surface area contributed by atoms with Gasteiger partial charge in [0.05, 0.1) is 6.04 Å². The van der Waals surface area contributed by atoms with Crippen LogP contribution in [0.15, 0.2) is 24.3 Å². The topological polar surface area (TPSA) is 113 Å². The Morgan fingerprint density at radius 1 is 1.30 bits per heavy atom. The molecule has 0 unspecified atom stereocenters. The number of hydrogen-bond acceptors (Lipinski definition) is 4. The lowest BCUT2D eigenvalue weighted by Gasteiger charge is -2.17. The van der Waals surface area contributed by atoms with Crippen LogP contribution in [0.3, 0.4) is 0 Å². The third kappa shape index (κ3) is 4.89. The number of carboxylic acid groups (broad SMARTS) is 1. The number of carbonyl (C=O) groups excluding carboxylic acids is 1. The van der Waals surface area contributed by atoms with Gasteiger partial charge >= 0.3 is 5.97 Å². The van der Waals surface area contributed by atoms with E-state index in [2.05, 4.69) is 5.32 Å². The van der Waals surface area contributed by atoms with Crippen molar-refractivity contribution in [3.05, 3.63) is 29.8 Å². The smallest absolute Gasteiger partial charge is 0.326 e. The summed E-state index contributed by atoms with van der Waals surface area (Å²) >= 11 is 0. The molecule has 1 aromatic carbocycles. The van der Waals surface area contributed by atoms with E-state index in [9.17, 15) is 14.7 Å². The molecule has 0 saturated heterocycles. The summed E-state index contributed by atoms with van der Waals surface area (Å²) in [6, 6.07) is 4.45. The number of aliphatic carboxylic acids is 1. The van der Waals surface area contributed by atoms with Crippen molar-refractivity contribution in [2.24, 2.45) is 5.73 Å². The largest absolute Gasteiger partial charge is 0.508 e. The highest BCUT2D eigenvalue weighted by molar-refractivity contribution is 5.86. The second-order valence-electron chi connectivity index (χ2n) is 4.67. The molecule has 0 saturated carbocycles. The Balaban J connectivity index is 2.67. The zero-order chi connectivity index (χ0) is 15.1. The van der Waals surface area contributed by atoms with Gasteiger partial charge in [0, 0.05) is 6.42 Å². The molecule has 0 aliphatic heterocycles. The lowest BCUT2D eigenvalue weighted by Crippen LogP contribution is -2.49. The van der Waals surface area contributed by atoms with Crippen molar-refractivity contribution < 1.29 is 19.8 Å². The van der Waals surface area contributed by atoms with Gasteiger partial charge in [-0.15, -0.1) is 0 Å². The van der Waals surface area contributed by atoms with Gasteiger partial charge in [0.1, 0.15) is 11.8 Å². The highest BCUT2D eigenvalue weighted by Crippen LogP contribution is 2.11. The van der Waals surface area contributed by atoms with Crippen LogP contribution in [0.5, 0.6) is 5.75 Å². The monoisotopic (exact) mass is 280 g/mol. The number of phenols is 1. The van der Waals surface area contributed by atoms with Crippen molar-refractivity contribution in [1.29, 1.82) is 0 Å². The average Bonchev–Trinajstić information content (AvgIpc) is 2.40. The molecule has 0 fully saturated rings. The van der Waals surface area contributed by atoms with Gasteiger partial charge < -0.3 is 21.3 Å². The van der Waals surface area contributed by atoms with Crippen LogP contribution in [0.4, 0.5) is 0 Å². The summed E-state index contributed by atoms with van der Waals surface area (Å²) < 4.78 is 0. The van der Waals surface area contributed by atoms with Gasteiger partial charge in [-0.25, -0.2) is 4.79 Å². The number of phenolic OH excluding ortho intramolecular Hbond substituents is 1. The fraction of sp³-hybridized carbons (Fsp3) is 0.429. The van der Waals surface area contributed by atoms with Gasteiger partial charge in [0.15, 0.2) is 0 Å². The molecule has 0 aromatic heterocycles. The average molecular weight is 280 g/mol. The van der Waals surface area contributed by atoms with Crippen LogP contribution in [0.25, 0.3) is 0 Å². The first-order valence-electron chi connectivity index (χ1n) is 6.50. The van der Waals surface area contributed by atoms with E-state index in [1.54, 1.807) is 12.1 Å². The zero-order valence-electron chi connectivity index (χ0n) is 11.4. The Bertz CT molecular complexity index is 459. The number of carbonyl (C=O) groups is 2. The van der Waals surface area contributed by atoms with Crippen LogP contribution in [0, 0.1) is 0 Å². The van der Waals surface area contributed by atoms with Crippen molar-refractivity contribution in [3.8, 4) is 5.75 Å². The fourth-order valence-corrected chi connectivity index (χ4v) is 1.79. The summed E-state index contributed by atoms with van der Waals surface area (Å²) in [5.41, 5.74) is 6.36. The van der Waals surface area contributed by atoms with Gasteiger partial charge in [-0.2, -0.15) is 0 Å². The number of carboxylic acids is 1. The molecule has 5 N–H and O–H groups in total. The van der Waals surface area contributed by atoms with Gasteiger partial charge in [-0.1, -0.05) is 25.5 Å². The normalized spacial score (nSPS) is 13.5. The Labute approximate surface area is 117 Å². The number of benzene rings is 1. The van der Waals surface area contributed by atoms with Crippen LogP contribution < -0.4 is 11.1 Å². The molecule has 2 atom stereocenters. The maximum Gasteiger partial charge on any atom is 0.326 e. The van der Waals surface area contributed by atoms with E-state index in [1.807, 2.05) is 6.92 Å². The summed E-state index contributed by atoms with van der Waals surface area (Å²) in [6.45, 7) is 1.90. The Kier molecular flexibility index (Phi) is 5.99. The minimum atomic E-state index is -1.12. The van der Waals surface area contributed by atoms with Crippen molar-refractivity contribution in [2.45, 2.75) is 38.3 Å². The van der Waals surface area contributed by atoms with Crippen LogP contribution in [0.1, 0.15) is 25.3 Å². The van der Waals surface area contributed by atoms with E-state index < -0.39 is 24.0 Å². The van der Waals surface area contributed by atoms with E-state index in [0.717, 1.165) is 6.42 Å². The molecule has 20 heavy (non-hydrogen) atoms. The van der Waals surface area contributed by atoms with Crippen molar-refractivity contribution in [1.82, 2.24) is 5.32 Å². The lowest BCUT2D eigenvalue weighted by atomic mass is 10.0. The molecule has 6 nitrogen and oxygen atoms in total. The molecular formula is C14H20N2O4. The Hall–Kier alpha value is -2.08. The quantitative estimate of drug-likeness (QED) is 0.585. The standard InChI is InChI=1S/C14H20N2O4/c1-2-3-11(15)13(18)16-12(14(19)20)8-9-4-6-10(17)7-5-9/h4-7,11-12,17H,2-3,8,15H2,1H3,(H,16,18)(H,19,20)/t11-,12-/m1/s1. The predicted molar refractivity (Wildman–Crippen MR) is 74.3 cm³/mol. The first kappa shape index (κ1) is 16.0. The van der Waals surface area contributed by atoms with Crippen LogP contribution in [-0.4, -0.2) is 34.2 Å². The minimum absolute atomic E-state index is 0.106. The second kappa shape index (κ2) is 7.49. The summed E-state index contributed by atoms with van der Waals surface area (Å²) in [4.78, 5) is 22.9. The number of amides is 1. The molecule has 0 aliphatic rings. The van der Waals surface area contributed by atoms with Gasteiger partial charge in [-0.3, -0.25) is 4.79 Å². The van der Waals surface area contributed by atoms with E-state index in [4.69, 9.17) is 10.8 Å². The van der Waals surface area contributed by atoms with Gasteiger partial charge in [-0.05, 0) is 24.1 Å². The fourth-order valence-electron chi connectivity index (χ4n) is 1.79. The van der Waals surface area contributed by atoms with Crippen LogP contribution >= 0.6 is 0 Å². The Morgan fingerprint density at radius 2 is 1.90 bits per heavy atom. The number of nitrogens with one attached hydrogen (secondary N) is 1. The molecule has 110 valence electrons. The van der Waals surface area contributed by atoms with Crippen LogP contribution in [-0.2, 0) is 16.0 Å². The van der Waals surface area contributed by atoms with Gasteiger partial charge in [0.2, 0.25) is 5.91 Å². The maximum atomic E-state index is 11.8. The molecule has 0 bridgehead atoms. The molecule has 1 rings (SSSR count). The third-order valence-electron chi connectivity index (χ3n) is 2.93. The molecule has 6 heteroatoms. The number of hydrogen-bond donors (Lipinski definition) is 4. The summed E-state index contributed by atoms with van der Waals surface area (Å²) in [5.74, 6) is -1.47. The molecule has 0 spiro atoms. The van der Waals surface area contributed by atoms with E-state index in [0.29, 0.717) is 12.0 Å². The van der Waals surface area contributed by atoms with Crippen molar-refractivity contribution >= 4 is 11.9 Å². The summed E-state index contributed by atoms with van der Waals surface area (Å²) in [7, 11) is 0. The SMILES string of the molecule is CCC[C@@H](N)C(=O)N[C@H](Cc1ccc(O)cc1)C(=O)O. The highest BCUT2D eigenvalue weighted by Gasteiger charge is 2.23. The molecule has 0 radical (unpaired) electrons. The maximum absolute atomic E-state index is 11.8. The number of aromatic hydroxyl groups is 1. The van der Waals surface area contributed by atoms with Gasteiger partial charge in [0.25, 0.3) is 0 Å². The second-order valence-corrected chi connectivity index (χ2v) is 4.67. The first-order valence-corrected chi connectivity index (χ1v) is 6.50. The molecule has 0 heterocycles. The Morgan fingerprint density at radius 3 is 2.40 bits per heavy atom. The molecular weight excluding hydrogens is 260 g/mol. The highest BCUT2D eigenvalue weighted by atomic mass is 16.4. The van der Waals surface area contributed by atoms with Crippen molar-refractivity contribution in [3.63, 3.8) is 0 Å². The molecule has 1 aromatic rings. The number of rotatable bonds is 7. The van der Waals surface area contributed by atoms with E-state index in [-0.39, 0.29) is 12.2 Å². The minimum Gasteiger partial charge on any atom is -0.508 e.